The van der Waals surface area contributed by atoms with Crippen LogP contribution in [0.25, 0.3) is 0 Å². The van der Waals surface area contributed by atoms with Crippen molar-refractivity contribution < 1.29 is 13.9 Å². The Morgan fingerprint density at radius 2 is 1.93 bits per heavy atom. The van der Waals surface area contributed by atoms with Crippen LogP contribution in [-0.4, -0.2) is 26.4 Å². The number of ether oxygens (including phenoxy) is 1. The van der Waals surface area contributed by atoms with Crippen LogP contribution in [0.3, 0.4) is 0 Å². The van der Waals surface area contributed by atoms with E-state index < -0.39 is 5.82 Å². The Labute approximate surface area is 173 Å². The summed E-state index contributed by atoms with van der Waals surface area (Å²) in [6.07, 6.45) is -0.301. The number of carbonyl (C=O) groups is 1. The largest absolute Gasteiger partial charge is 0.482 e. The van der Waals surface area contributed by atoms with E-state index in [0.29, 0.717) is 17.5 Å². The van der Waals surface area contributed by atoms with Gasteiger partial charge in [0, 0.05) is 6.54 Å². The van der Waals surface area contributed by atoms with Gasteiger partial charge in [-0.2, -0.15) is 0 Å². The van der Waals surface area contributed by atoms with Crippen LogP contribution in [0.15, 0.2) is 53.7 Å². The highest BCUT2D eigenvalue weighted by atomic mass is 32.2. The zero-order chi connectivity index (χ0) is 20.8. The molecule has 152 valence electrons. The van der Waals surface area contributed by atoms with Crippen LogP contribution in [-0.2, 0) is 11.3 Å². The molecule has 6 nitrogen and oxygen atoms in total. The van der Waals surface area contributed by atoms with Crippen molar-refractivity contribution in [1.29, 1.82) is 0 Å². The summed E-state index contributed by atoms with van der Waals surface area (Å²) in [5, 5.41) is 11.7. The monoisotopic (exact) mass is 414 g/mol. The second-order valence-electron chi connectivity index (χ2n) is 6.43. The predicted octanol–water partition coefficient (Wildman–Crippen LogP) is 4.62. The minimum atomic E-state index is -0.466. The van der Waals surface area contributed by atoms with Crippen LogP contribution >= 0.6 is 11.8 Å². The topological polar surface area (TPSA) is 69.0 Å². The number of benzene rings is 2. The number of hydrogen-bond donors (Lipinski definition) is 1. The van der Waals surface area contributed by atoms with E-state index in [-0.39, 0.29) is 23.5 Å². The van der Waals surface area contributed by atoms with E-state index in [1.165, 1.54) is 23.9 Å². The van der Waals surface area contributed by atoms with Gasteiger partial charge in [-0.3, -0.25) is 4.79 Å². The molecule has 1 aromatic heterocycles. The molecule has 0 bridgehead atoms. The lowest BCUT2D eigenvalue weighted by molar-refractivity contribution is -0.113. The normalized spacial score (nSPS) is 11.9. The second kappa shape index (κ2) is 9.56. The van der Waals surface area contributed by atoms with E-state index in [0.717, 1.165) is 11.3 Å². The third-order valence-corrected chi connectivity index (χ3v) is 5.27. The summed E-state index contributed by atoms with van der Waals surface area (Å²) in [6.45, 7) is 6.53. The lowest BCUT2D eigenvalue weighted by Gasteiger charge is -2.17. The Hall–Kier alpha value is -2.87. The van der Waals surface area contributed by atoms with Crippen molar-refractivity contribution in [3.8, 4) is 5.75 Å². The van der Waals surface area contributed by atoms with Crippen LogP contribution in [0.4, 0.5) is 10.1 Å². The molecule has 0 radical (unpaired) electrons. The quantitative estimate of drug-likeness (QED) is 0.545. The van der Waals surface area contributed by atoms with Crippen molar-refractivity contribution in [2.75, 3.05) is 11.1 Å². The fraction of sp³-hybridized carbons (Fsp3) is 0.286. The van der Waals surface area contributed by atoms with Crippen LogP contribution in [0.2, 0.25) is 0 Å². The lowest BCUT2D eigenvalue weighted by atomic mass is 10.2. The fourth-order valence-corrected chi connectivity index (χ4v) is 3.62. The van der Waals surface area contributed by atoms with Gasteiger partial charge in [-0.15, -0.1) is 10.2 Å². The summed E-state index contributed by atoms with van der Waals surface area (Å²) in [5.74, 6) is 0.805. The number of halogens is 1. The van der Waals surface area contributed by atoms with Gasteiger partial charge in [0.15, 0.2) is 17.1 Å². The van der Waals surface area contributed by atoms with Crippen LogP contribution in [0.1, 0.15) is 31.3 Å². The lowest BCUT2D eigenvalue weighted by Crippen LogP contribution is -2.16. The van der Waals surface area contributed by atoms with Crippen molar-refractivity contribution in [2.45, 2.75) is 38.6 Å². The van der Waals surface area contributed by atoms with Gasteiger partial charge in [0.1, 0.15) is 11.6 Å². The summed E-state index contributed by atoms with van der Waals surface area (Å²) < 4.78 is 21.6. The number of para-hydroxylation sites is 2. The molecule has 0 saturated heterocycles. The number of carbonyl (C=O) groups excluding carboxylic acids is 1. The molecule has 0 aliphatic carbocycles. The minimum Gasteiger partial charge on any atom is -0.482 e. The zero-order valence-corrected chi connectivity index (χ0v) is 17.4. The molecule has 0 aliphatic heterocycles. The highest BCUT2D eigenvalue weighted by Gasteiger charge is 2.20. The Morgan fingerprint density at radius 1 is 1.21 bits per heavy atom. The van der Waals surface area contributed by atoms with E-state index in [2.05, 4.69) is 15.5 Å². The van der Waals surface area contributed by atoms with Gasteiger partial charge in [0.05, 0.1) is 11.4 Å². The number of hydrogen-bond acceptors (Lipinski definition) is 5. The molecule has 3 aromatic rings. The van der Waals surface area contributed by atoms with E-state index in [9.17, 15) is 9.18 Å². The molecule has 3 rings (SSSR count). The molecule has 1 unspecified atom stereocenters. The molecule has 0 fully saturated rings. The van der Waals surface area contributed by atoms with Gasteiger partial charge in [-0.25, -0.2) is 4.39 Å². The van der Waals surface area contributed by atoms with Gasteiger partial charge >= 0.3 is 0 Å². The predicted molar refractivity (Wildman–Crippen MR) is 112 cm³/mol. The number of thioether (sulfide) groups is 1. The van der Waals surface area contributed by atoms with Crippen molar-refractivity contribution in [3.63, 3.8) is 0 Å². The molecule has 8 heteroatoms. The third-order valence-electron chi connectivity index (χ3n) is 4.30. The van der Waals surface area contributed by atoms with Gasteiger partial charge in [-0.1, -0.05) is 42.1 Å². The van der Waals surface area contributed by atoms with Crippen molar-refractivity contribution in [3.05, 3.63) is 65.7 Å². The molecule has 1 atom stereocenters. The molecule has 1 N–H and O–H groups in total. The molecule has 1 heterocycles. The number of amides is 1. The molecular weight excluding hydrogens is 391 g/mol. The maximum Gasteiger partial charge on any atom is 0.234 e. The highest BCUT2D eigenvalue weighted by molar-refractivity contribution is 7.99. The first-order chi connectivity index (χ1) is 14.0. The molecule has 29 heavy (non-hydrogen) atoms. The molecule has 2 aromatic carbocycles. The first-order valence-corrected chi connectivity index (χ1v) is 10.3. The summed E-state index contributed by atoms with van der Waals surface area (Å²) >= 11 is 1.25. The van der Waals surface area contributed by atoms with Gasteiger partial charge < -0.3 is 14.6 Å². The summed E-state index contributed by atoms with van der Waals surface area (Å²) in [7, 11) is 0. The number of aryl methyl sites for hydroxylation is 1. The van der Waals surface area contributed by atoms with E-state index in [4.69, 9.17) is 4.74 Å². The standard InChI is InChI=1S/C21H23FN4O2S/c1-4-26-20(15(3)28-18-12-8-5-9-14(18)2)24-25-21(26)29-13-19(27)23-17-11-7-6-10-16(17)22/h5-12,15H,4,13H2,1-3H3,(H,23,27). The average Bonchev–Trinajstić information content (AvgIpc) is 3.13. The SMILES string of the molecule is CCn1c(SCC(=O)Nc2ccccc2F)nnc1C(C)Oc1ccccc1C. The smallest absolute Gasteiger partial charge is 0.234 e. The first-order valence-electron chi connectivity index (χ1n) is 9.32. The average molecular weight is 415 g/mol. The van der Waals surface area contributed by atoms with E-state index in [1.807, 2.05) is 49.6 Å². The number of anilines is 1. The summed E-state index contributed by atoms with van der Waals surface area (Å²) in [6, 6.07) is 13.9. The Morgan fingerprint density at radius 3 is 2.66 bits per heavy atom. The molecule has 0 aliphatic rings. The van der Waals surface area contributed by atoms with Gasteiger partial charge in [-0.05, 0) is 44.5 Å². The van der Waals surface area contributed by atoms with Crippen molar-refractivity contribution in [1.82, 2.24) is 14.8 Å². The van der Waals surface area contributed by atoms with Crippen LogP contribution in [0, 0.1) is 12.7 Å². The van der Waals surface area contributed by atoms with Crippen LogP contribution < -0.4 is 10.1 Å². The Balaban J connectivity index is 1.65. The second-order valence-corrected chi connectivity index (χ2v) is 7.37. The van der Waals surface area contributed by atoms with E-state index in [1.54, 1.807) is 12.1 Å². The van der Waals surface area contributed by atoms with Crippen molar-refractivity contribution >= 4 is 23.4 Å². The molecule has 0 saturated carbocycles. The molecule has 0 spiro atoms. The maximum atomic E-state index is 13.7. The van der Waals surface area contributed by atoms with Crippen molar-refractivity contribution in [2.24, 2.45) is 0 Å². The molecule has 1 amide bonds. The first kappa shape index (κ1) is 20.9. The number of rotatable bonds is 8. The number of nitrogens with zero attached hydrogens (tertiary/aromatic N) is 3. The Bertz CT molecular complexity index is 992. The minimum absolute atomic E-state index is 0.0967. The van der Waals surface area contributed by atoms with Gasteiger partial charge in [0.2, 0.25) is 5.91 Å². The zero-order valence-electron chi connectivity index (χ0n) is 16.6. The third kappa shape index (κ3) is 5.14. The molecular formula is C21H23FN4O2S. The fourth-order valence-electron chi connectivity index (χ4n) is 2.82. The van der Waals surface area contributed by atoms with Crippen LogP contribution in [0.5, 0.6) is 5.75 Å². The van der Waals surface area contributed by atoms with E-state index >= 15 is 0 Å². The van der Waals surface area contributed by atoms with Gasteiger partial charge in [0.25, 0.3) is 0 Å². The highest BCUT2D eigenvalue weighted by Crippen LogP contribution is 2.26. The summed E-state index contributed by atoms with van der Waals surface area (Å²) in [4.78, 5) is 12.2. The number of nitrogens with one attached hydrogen (secondary N) is 1. The Kier molecular flexibility index (Phi) is 6.87. The maximum absolute atomic E-state index is 13.7. The number of aromatic nitrogens is 3. The summed E-state index contributed by atoms with van der Waals surface area (Å²) in [5.41, 5.74) is 1.21.